The summed E-state index contributed by atoms with van der Waals surface area (Å²) in [4.78, 5) is 21.1. The van der Waals surface area contributed by atoms with E-state index in [1.54, 1.807) is 6.92 Å². The Morgan fingerprint density at radius 1 is 1.56 bits per heavy atom. The number of nitrogens with zero attached hydrogens (tertiary/aromatic N) is 1. The first-order valence-corrected chi connectivity index (χ1v) is 5.25. The molecule has 0 aliphatic rings. The SMILES string of the molecule is CCOC(=O)/C(C)=C/c1ccc(F)c([N+](=O)[O-])c1. The van der Waals surface area contributed by atoms with Gasteiger partial charge >= 0.3 is 11.7 Å². The van der Waals surface area contributed by atoms with Crippen LogP contribution in [0, 0.1) is 15.9 Å². The van der Waals surface area contributed by atoms with Crippen LogP contribution < -0.4 is 0 Å². The van der Waals surface area contributed by atoms with Crippen LogP contribution in [0.4, 0.5) is 10.1 Å². The van der Waals surface area contributed by atoms with Gasteiger partial charge in [-0.25, -0.2) is 4.79 Å². The zero-order valence-corrected chi connectivity index (χ0v) is 9.97. The van der Waals surface area contributed by atoms with Crippen molar-refractivity contribution in [3.05, 3.63) is 45.3 Å². The van der Waals surface area contributed by atoms with Crippen molar-refractivity contribution in [1.82, 2.24) is 0 Å². The molecule has 96 valence electrons. The Bertz CT molecular complexity index is 511. The van der Waals surface area contributed by atoms with E-state index in [1.807, 2.05) is 0 Å². The maximum atomic E-state index is 13.1. The molecule has 1 aromatic carbocycles. The highest BCUT2D eigenvalue weighted by Crippen LogP contribution is 2.20. The van der Waals surface area contributed by atoms with E-state index in [2.05, 4.69) is 0 Å². The van der Waals surface area contributed by atoms with E-state index in [0.717, 1.165) is 12.1 Å². The molecule has 0 radical (unpaired) electrons. The summed E-state index contributed by atoms with van der Waals surface area (Å²) >= 11 is 0. The molecule has 0 saturated carbocycles. The molecule has 1 aromatic rings. The Balaban J connectivity index is 3.05. The second kappa shape index (κ2) is 5.90. The van der Waals surface area contributed by atoms with Gasteiger partial charge in [-0.2, -0.15) is 4.39 Å². The number of carbonyl (C=O) groups excluding carboxylic acids is 1. The van der Waals surface area contributed by atoms with Crippen LogP contribution in [0.15, 0.2) is 23.8 Å². The van der Waals surface area contributed by atoms with Crippen LogP contribution in [0.25, 0.3) is 6.08 Å². The minimum Gasteiger partial charge on any atom is -0.463 e. The monoisotopic (exact) mass is 253 g/mol. The quantitative estimate of drug-likeness (QED) is 0.358. The molecule has 0 unspecified atom stereocenters. The zero-order chi connectivity index (χ0) is 13.7. The largest absolute Gasteiger partial charge is 0.463 e. The topological polar surface area (TPSA) is 69.4 Å². The fourth-order valence-electron chi connectivity index (χ4n) is 1.31. The van der Waals surface area contributed by atoms with Gasteiger partial charge in [0.1, 0.15) is 0 Å². The highest BCUT2D eigenvalue weighted by molar-refractivity contribution is 5.93. The molecule has 0 aliphatic carbocycles. The van der Waals surface area contributed by atoms with Crippen LogP contribution in [0.3, 0.4) is 0 Å². The van der Waals surface area contributed by atoms with Gasteiger partial charge in [-0.1, -0.05) is 6.07 Å². The number of hydrogen-bond donors (Lipinski definition) is 0. The van der Waals surface area contributed by atoms with Gasteiger partial charge in [0.15, 0.2) is 0 Å². The molecule has 0 atom stereocenters. The molecular formula is C12H12FNO4. The van der Waals surface area contributed by atoms with Gasteiger partial charge in [-0.05, 0) is 31.6 Å². The van der Waals surface area contributed by atoms with Crippen molar-refractivity contribution in [3.8, 4) is 0 Å². The normalized spacial score (nSPS) is 11.2. The molecule has 0 aliphatic heterocycles. The Labute approximate surface area is 103 Å². The first-order chi connectivity index (χ1) is 8.45. The van der Waals surface area contributed by atoms with Gasteiger partial charge in [-0.3, -0.25) is 10.1 Å². The molecule has 0 saturated heterocycles. The number of carbonyl (C=O) groups is 1. The van der Waals surface area contributed by atoms with Crippen molar-refractivity contribution in [2.75, 3.05) is 6.61 Å². The summed E-state index contributed by atoms with van der Waals surface area (Å²) in [6.45, 7) is 3.44. The summed E-state index contributed by atoms with van der Waals surface area (Å²) < 4.78 is 17.8. The lowest BCUT2D eigenvalue weighted by atomic mass is 10.1. The van der Waals surface area contributed by atoms with Crippen molar-refractivity contribution in [2.24, 2.45) is 0 Å². The number of nitro benzene ring substituents is 1. The molecule has 0 N–H and O–H groups in total. The maximum Gasteiger partial charge on any atom is 0.333 e. The maximum absolute atomic E-state index is 13.1. The average Bonchev–Trinajstić information content (AvgIpc) is 2.31. The van der Waals surface area contributed by atoms with Crippen molar-refractivity contribution in [3.63, 3.8) is 0 Å². The van der Waals surface area contributed by atoms with E-state index in [4.69, 9.17) is 4.74 Å². The molecule has 1 rings (SSSR count). The minimum atomic E-state index is -0.911. The third-order valence-corrected chi connectivity index (χ3v) is 2.15. The van der Waals surface area contributed by atoms with Crippen LogP contribution in [0.5, 0.6) is 0 Å². The number of ether oxygens (including phenoxy) is 1. The van der Waals surface area contributed by atoms with Crippen LogP contribution in [0.2, 0.25) is 0 Å². The number of benzene rings is 1. The summed E-state index contributed by atoms with van der Waals surface area (Å²) in [5.41, 5.74) is 0.0341. The van der Waals surface area contributed by atoms with Gasteiger partial charge < -0.3 is 4.74 Å². The van der Waals surface area contributed by atoms with E-state index in [0.29, 0.717) is 5.56 Å². The number of hydrogen-bond acceptors (Lipinski definition) is 4. The summed E-state index contributed by atoms with van der Waals surface area (Å²) in [6.07, 6.45) is 1.41. The van der Waals surface area contributed by atoms with Gasteiger partial charge in [0.25, 0.3) is 0 Å². The van der Waals surface area contributed by atoms with Crippen LogP contribution in [0.1, 0.15) is 19.4 Å². The van der Waals surface area contributed by atoms with E-state index in [1.165, 1.54) is 19.1 Å². The van der Waals surface area contributed by atoms with Crippen molar-refractivity contribution >= 4 is 17.7 Å². The average molecular weight is 253 g/mol. The second-order valence-corrected chi connectivity index (χ2v) is 3.52. The summed E-state index contributed by atoms with van der Waals surface area (Å²) in [5, 5.41) is 10.5. The van der Waals surface area contributed by atoms with Crippen LogP contribution >= 0.6 is 0 Å². The molecule has 0 amide bonds. The predicted octanol–water partition coefficient (Wildman–Crippen LogP) is 2.70. The molecule has 0 bridgehead atoms. The zero-order valence-electron chi connectivity index (χ0n) is 9.97. The molecule has 18 heavy (non-hydrogen) atoms. The predicted molar refractivity (Wildman–Crippen MR) is 63.3 cm³/mol. The van der Waals surface area contributed by atoms with Crippen molar-refractivity contribution < 1.29 is 18.8 Å². The highest BCUT2D eigenvalue weighted by atomic mass is 19.1. The fraction of sp³-hybridized carbons (Fsp3) is 0.250. The number of esters is 1. The molecule has 0 spiro atoms. The van der Waals surface area contributed by atoms with E-state index < -0.39 is 22.4 Å². The van der Waals surface area contributed by atoms with Crippen LogP contribution in [-0.4, -0.2) is 17.5 Å². The third-order valence-electron chi connectivity index (χ3n) is 2.15. The lowest BCUT2D eigenvalue weighted by molar-refractivity contribution is -0.387. The third kappa shape index (κ3) is 3.38. The second-order valence-electron chi connectivity index (χ2n) is 3.52. The number of nitro groups is 1. The lowest BCUT2D eigenvalue weighted by Gasteiger charge is -2.02. The smallest absolute Gasteiger partial charge is 0.333 e. The standard InChI is InChI=1S/C12H12FNO4/c1-3-18-12(15)8(2)6-9-4-5-10(13)11(7-9)14(16)17/h4-7H,3H2,1-2H3/b8-6+. The Hall–Kier alpha value is -2.24. The highest BCUT2D eigenvalue weighted by Gasteiger charge is 2.14. The molecule has 0 aromatic heterocycles. The number of halogens is 1. The molecule has 5 nitrogen and oxygen atoms in total. The molecule has 0 fully saturated rings. The fourth-order valence-corrected chi connectivity index (χ4v) is 1.31. The molecular weight excluding hydrogens is 241 g/mol. The first kappa shape index (κ1) is 13.8. The minimum absolute atomic E-state index is 0.244. The van der Waals surface area contributed by atoms with Gasteiger partial charge in [0, 0.05) is 11.6 Å². The van der Waals surface area contributed by atoms with E-state index in [-0.39, 0.29) is 12.2 Å². The summed E-state index contributed by atoms with van der Waals surface area (Å²) in [6, 6.07) is 3.41. The van der Waals surface area contributed by atoms with Crippen molar-refractivity contribution in [2.45, 2.75) is 13.8 Å². The summed E-state index contributed by atoms with van der Waals surface area (Å²) in [5.74, 6) is -1.42. The molecule has 0 heterocycles. The van der Waals surface area contributed by atoms with E-state index in [9.17, 15) is 19.3 Å². The Kier molecular flexibility index (Phi) is 4.53. The van der Waals surface area contributed by atoms with Gasteiger partial charge in [0.2, 0.25) is 5.82 Å². The van der Waals surface area contributed by atoms with Crippen molar-refractivity contribution in [1.29, 1.82) is 0 Å². The Morgan fingerprint density at radius 2 is 2.22 bits per heavy atom. The summed E-state index contributed by atoms with van der Waals surface area (Å²) in [7, 11) is 0. The Morgan fingerprint density at radius 3 is 2.78 bits per heavy atom. The van der Waals surface area contributed by atoms with Gasteiger partial charge in [-0.15, -0.1) is 0 Å². The lowest BCUT2D eigenvalue weighted by Crippen LogP contribution is -2.04. The van der Waals surface area contributed by atoms with Gasteiger partial charge in [0.05, 0.1) is 11.5 Å². The van der Waals surface area contributed by atoms with E-state index >= 15 is 0 Å². The molecule has 6 heteroatoms. The number of rotatable bonds is 4. The van der Waals surface area contributed by atoms with Crippen LogP contribution in [-0.2, 0) is 9.53 Å². The first-order valence-electron chi connectivity index (χ1n) is 5.25.